The molecule has 0 spiro atoms. The van der Waals surface area contributed by atoms with Gasteiger partial charge in [0.1, 0.15) is 5.03 Å². The van der Waals surface area contributed by atoms with Crippen molar-refractivity contribution in [1.29, 1.82) is 0 Å². The van der Waals surface area contributed by atoms with Crippen LogP contribution in [0, 0.1) is 0 Å². The number of amides is 2. The van der Waals surface area contributed by atoms with Crippen molar-refractivity contribution in [1.82, 2.24) is 35.8 Å². The highest BCUT2D eigenvalue weighted by Crippen LogP contribution is 2.27. The van der Waals surface area contributed by atoms with Crippen LogP contribution >= 0.6 is 11.8 Å². The number of nitrogens with zero attached hydrogens (tertiary/aromatic N) is 5. The zero-order valence-corrected chi connectivity index (χ0v) is 15.3. The number of piperidine rings is 1. The van der Waals surface area contributed by atoms with Gasteiger partial charge < -0.3 is 14.7 Å². The number of aromatic nitrogens is 5. The smallest absolute Gasteiger partial charge is 0.317 e. The Morgan fingerprint density at radius 1 is 1.48 bits per heavy atom. The monoisotopic (exact) mass is 365 g/mol. The number of thioether (sulfide) groups is 1. The summed E-state index contributed by atoms with van der Waals surface area (Å²) in [5.74, 6) is 2.71. The van der Waals surface area contributed by atoms with Crippen molar-refractivity contribution in [3.63, 3.8) is 0 Å². The van der Waals surface area contributed by atoms with Crippen LogP contribution in [-0.2, 0) is 0 Å². The third-order valence-corrected chi connectivity index (χ3v) is 5.03. The lowest BCUT2D eigenvalue weighted by molar-refractivity contribution is 0.176. The summed E-state index contributed by atoms with van der Waals surface area (Å²) in [6.45, 7) is 6.08. The first kappa shape index (κ1) is 17.7. The summed E-state index contributed by atoms with van der Waals surface area (Å²) in [5.41, 5.74) is 0. The fourth-order valence-corrected chi connectivity index (χ4v) is 3.31. The SMILES string of the molecule is CC(C)c1noc(C2CCN(C(=O)NCCSc3cn[nH]n3)CC2)n1. The zero-order valence-electron chi connectivity index (χ0n) is 14.4. The summed E-state index contributed by atoms with van der Waals surface area (Å²) in [4.78, 5) is 18.5. The van der Waals surface area contributed by atoms with Crippen LogP contribution < -0.4 is 5.32 Å². The molecular weight excluding hydrogens is 342 g/mol. The molecule has 0 aliphatic carbocycles. The van der Waals surface area contributed by atoms with Crippen molar-refractivity contribution < 1.29 is 9.32 Å². The molecule has 0 unspecified atom stereocenters. The Labute approximate surface area is 150 Å². The van der Waals surface area contributed by atoms with Crippen LogP contribution in [0.2, 0.25) is 0 Å². The van der Waals surface area contributed by atoms with Gasteiger partial charge in [-0.3, -0.25) is 0 Å². The maximum Gasteiger partial charge on any atom is 0.317 e. The Kier molecular flexibility index (Phi) is 5.90. The Balaban J connectivity index is 1.38. The average molecular weight is 365 g/mol. The van der Waals surface area contributed by atoms with Gasteiger partial charge in [-0.1, -0.05) is 19.0 Å². The van der Waals surface area contributed by atoms with Crippen LogP contribution in [0.5, 0.6) is 0 Å². The number of rotatable bonds is 6. The van der Waals surface area contributed by atoms with Crippen molar-refractivity contribution in [3.8, 4) is 0 Å². The minimum atomic E-state index is -0.0207. The number of nitrogens with one attached hydrogen (secondary N) is 2. The van der Waals surface area contributed by atoms with Crippen molar-refractivity contribution in [2.75, 3.05) is 25.4 Å². The summed E-state index contributed by atoms with van der Waals surface area (Å²) in [5, 5.41) is 18.1. The second-order valence-corrected chi connectivity index (χ2v) is 7.41. The number of likely N-dealkylation sites (tertiary alicyclic amines) is 1. The molecular formula is C15H23N7O2S. The molecule has 136 valence electrons. The summed E-state index contributed by atoms with van der Waals surface area (Å²) in [6.07, 6.45) is 3.36. The lowest BCUT2D eigenvalue weighted by Crippen LogP contribution is -2.44. The Morgan fingerprint density at radius 3 is 2.92 bits per heavy atom. The fraction of sp³-hybridized carbons (Fsp3) is 0.667. The van der Waals surface area contributed by atoms with Gasteiger partial charge in [0.2, 0.25) is 5.89 Å². The molecule has 25 heavy (non-hydrogen) atoms. The van der Waals surface area contributed by atoms with Gasteiger partial charge in [0, 0.05) is 37.2 Å². The number of urea groups is 1. The van der Waals surface area contributed by atoms with E-state index >= 15 is 0 Å². The van der Waals surface area contributed by atoms with E-state index in [0.717, 1.165) is 29.4 Å². The molecule has 2 aromatic rings. The van der Waals surface area contributed by atoms with Crippen LogP contribution in [0.4, 0.5) is 4.79 Å². The van der Waals surface area contributed by atoms with E-state index in [1.807, 2.05) is 18.7 Å². The Morgan fingerprint density at radius 2 is 2.28 bits per heavy atom. The molecule has 0 saturated carbocycles. The lowest BCUT2D eigenvalue weighted by Gasteiger charge is -2.30. The summed E-state index contributed by atoms with van der Waals surface area (Å²) in [6, 6.07) is -0.0207. The number of hydrogen-bond acceptors (Lipinski definition) is 7. The highest BCUT2D eigenvalue weighted by atomic mass is 32.2. The average Bonchev–Trinajstić information content (AvgIpc) is 3.30. The van der Waals surface area contributed by atoms with Crippen molar-refractivity contribution in [3.05, 3.63) is 17.9 Å². The van der Waals surface area contributed by atoms with Crippen LogP contribution in [0.25, 0.3) is 0 Å². The first-order chi connectivity index (χ1) is 12.1. The topological polar surface area (TPSA) is 113 Å². The van der Waals surface area contributed by atoms with Gasteiger partial charge in [0.05, 0.1) is 6.20 Å². The first-order valence-corrected chi connectivity index (χ1v) is 9.47. The normalized spacial score (nSPS) is 15.7. The molecule has 2 amide bonds. The number of carbonyl (C=O) groups excluding carboxylic acids is 1. The van der Waals surface area contributed by atoms with Gasteiger partial charge in [-0.05, 0) is 12.8 Å². The van der Waals surface area contributed by atoms with Crippen molar-refractivity contribution in [2.45, 2.75) is 43.6 Å². The number of H-pyrrole nitrogens is 1. The van der Waals surface area contributed by atoms with Gasteiger partial charge in [-0.2, -0.15) is 15.3 Å². The van der Waals surface area contributed by atoms with Gasteiger partial charge in [-0.15, -0.1) is 16.9 Å². The maximum atomic E-state index is 12.2. The molecule has 0 bridgehead atoms. The van der Waals surface area contributed by atoms with Crippen LogP contribution in [0.1, 0.15) is 50.2 Å². The van der Waals surface area contributed by atoms with Crippen molar-refractivity contribution in [2.24, 2.45) is 0 Å². The zero-order chi connectivity index (χ0) is 17.6. The molecule has 10 heteroatoms. The quantitative estimate of drug-likeness (QED) is 0.594. The summed E-state index contributed by atoms with van der Waals surface area (Å²) < 4.78 is 5.38. The third-order valence-electron chi connectivity index (χ3n) is 4.13. The molecule has 0 aromatic carbocycles. The van der Waals surface area contributed by atoms with E-state index in [1.165, 1.54) is 0 Å². The predicted molar refractivity (Wildman–Crippen MR) is 92.4 cm³/mol. The minimum Gasteiger partial charge on any atom is -0.339 e. The first-order valence-electron chi connectivity index (χ1n) is 8.48. The van der Waals surface area contributed by atoms with E-state index in [0.29, 0.717) is 25.5 Å². The number of aromatic amines is 1. The minimum absolute atomic E-state index is 0.0207. The highest BCUT2D eigenvalue weighted by molar-refractivity contribution is 7.99. The summed E-state index contributed by atoms with van der Waals surface area (Å²) in [7, 11) is 0. The molecule has 3 rings (SSSR count). The molecule has 9 nitrogen and oxygen atoms in total. The standard InChI is InChI=1S/C15H23N7O2S/c1-10(2)13-18-14(24-20-13)11-3-6-22(7-4-11)15(23)16-5-8-25-12-9-17-21-19-12/h9-11H,3-8H2,1-2H3,(H,16,23)(H,17,19,21). The van der Waals surface area contributed by atoms with E-state index in [4.69, 9.17) is 4.52 Å². The van der Waals surface area contributed by atoms with E-state index in [-0.39, 0.29) is 17.9 Å². The Hall–Kier alpha value is -2.10. The largest absolute Gasteiger partial charge is 0.339 e. The number of carbonyl (C=O) groups is 1. The van der Waals surface area contributed by atoms with Crippen LogP contribution in [0.3, 0.4) is 0 Å². The van der Waals surface area contributed by atoms with Gasteiger partial charge >= 0.3 is 6.03 Å². The maximum absolute atomic E-state index is 12.2. The van der Waals surface area contributed by atoms with E-state index in [9.17, 15) is 4.79 Å². The van der Waals surface area contributed by atoms with E-state index < -0.39 is 0 Å². The molecule has 1 fully saturated rings. The van der Waals surface area contributed by atoms with Crippen LogP contribution in [-0.4, -0.2) is 61.9 Å². The predicted octanol–water partition coefficient (Wildman–Crippen LogP) is 1.99. The molecule has 1 aliphatic rings. The molecule has 0 atom stereocenters. The van der Waals surface area contributed by atoms with Gasteiger partial charge in [-0.25, -0.2) is 4.79 Å². The second kappa shape index (κ2) is 8.32. The van der Waals surface area contributed by atoms with E-state index in [1.54, 1.807) is 18.0 Å². The molecule has 2 N–H and O–H groups in total. The fourth-order valence-electron chi connectivity index (χ4n) is 2.66. The van der Waals surface area contributed by atoms with Crippen LogP contribution in [0.15, 0.2) is 15.7 Å². The summed E-state index contributed by atoms with van der Waals surface area (Å²) >= 11 is 1.55. The molecule has 1 aliphatic heterocycles. The molecule has 3 heterocycles. The third kappa shape index (κ3) is 4.71. The second-order valence-electron chi connectivity index (χ2n) is 6.30. The highest BCUT2D eigenvalue weighted by Gasteiger charge is 2.27. The molecule has 0 radical (unpaired) electrons. The van der Waals surface area contributed by atoms with Gasteiger partial charge in [0.15, 0.2) is 5.82 Å². The number of hydrogen-bond donors (Lipinski definition) is 2. The lowest BCUT2D eigenvalue weighted by atomic mass is 9.97. The Bertz CT molecular complexity index is 665. The molecule has 1 saturated heterocycles. The van der Waals surface area contributed by atoms with Gasteiger partial charge in [0.25, 0.3) is 0 Å². The van der Waals surface area contributed by atoms with Crippen molar-refractivity contribution >= 4 is 17.8 Å². The molecule has 2 aromatic heterocycles. The van der Waals surface area contributed by atoms with E-state index in [2.05, 4.69) is 30.9 Å².